The number of hydrogen-bond donors (Lipinski definition) is 3. The molecule has 0 spiro atoms. The zero-order chi connectivity index (χ0) is 17.4. The third kappa shape index (κ3) is 3.48. The Bertz CT molecular complexity index is 873. The quantitative estimate of drug-likeness (QED) is 0.784. The highest BCUT2D eigenvalue weighted by Gasteiger charge is 2.29. The molecule has 1 saturated carbocycles. The van der Waals surface area contributed by atoms with Crippen molar-refractivity contribution in [1.29, 1.82) is 0 Å². The molecule has 2 aromatic rings. The molecule has 2 aliphatic rings. The summed E-state index contributed by atoms with van der Waals surface area (Å²) in [5.74, 6) is 0.190. The van der Waals surface area contributed by atoms with Crippen LogP contribution in [0.25, 0.3) is 0 Å². The summed E-state index contributed by atoms with van der Waals surface area (Å²) in [6, 6.07) is 8.44. The van der Waals surface area contributed by atoms with Crippen LogP contribution in [0.5, 0.6) is 5.75 Å². The maximum absolute atomic E-state index is 12.4. The van der Waals surface area contributed by atoms with E-state index in [1.165, 1.54) is 11.3 Å². The van der Waals surface area contributed by atoms with Gasteiger partial charge in [-0.1, -0.05) is 0 Å². The van der Waals surface area contributed by atoms with Crippen molar-refractivity contribution < 1.29 is 19.1 Å². The molecule has 1 fully saturated rings. The molecular weight excluding hydrogens is 342 g/mol. The Morgan fingerprint density at radius 2 is 2.00 bits per heavy atom. The molecule has 3 amide bonds. The van der Waals surface area contributed by atoms with Gasteiger partial charge in [-0.25, -0.2) is 0 Å². The lowest BCUT2D eigenvalue weighted by Gasteiger charge is -2.18. The van der Waals surface area contributed by atoms with Gasteiger partial charge in [-0.15, -0.1) is 11.3 Å². The highest BCUT2D eigenvalue weighted by molar-refractivity contribution is 7.18. The average Bonchev–Trinajstić information content (AvgIpc) is 3.34. The largest absolute Gasteiger partial charge is 0.482 e. The summed E-state index contributed by atoms with van der Waals surface area (Å²) in [4.78, 5) is 36.0. The molecule has 0 saturated heterocycles. The Balaban J connectivity index is 1.43. The van der Waals surface area contributed by atoms with Gasteiger partial charge in [0, 0.05) is 11.6 Å². The molecule has 0 radical (unpaired) electrons. The average molecular weight is 357 g/mol. The van der Waals surface area contributed by atoms with E-state index >= 15 is 0 Å². The summed E-state index contributed by atoms with van der Waals surface area (Å²) in [6.07, 6.45) is 1.87. The number of carbonyl (C=O) groups is 3. The monoisotopic (exact) mass is 357 g/mol. The number of anilines is 3. The van der Waals surface area contributed by atoms with E-state index in [0.29, 0.717) is 27.0 Å². The number of benzene rings is 1. The van der Waals surface area contributed by atoms with Gasteiger partial charge in [-0.05, 0) is 43.2 Å². The van der Waals surface area contributed by atoms with Crippen molar-refractivity contribution in [2.24, 2.45) is 5.92 Å². The molecule has 0 bridgehead atoms. The third-order valence-corrected chi connectivity index (χ3v) is 4.89. The number of carbonyl (C=O) groups excluding carboxylic acids is 3. The van der Waals surface area contributed by atoms with Gasteiger partial charge in [-0.3, -0.25) is 14.4 Å². The second-order valence-electron chi connectivity index (χ2n) is 5.93. The fourth-order valence-electron chi connectivity index (χ4n) is 2.45. The summed E-state index contributed by atoms with van der Waals surface area (Å²) in [5.41, 5.74) is 1.07. The first kappa shape index (κ1) is 15.6. The van der Waals surface area contributed by atoms with E-state index in [1.54, 1.807) is 30.3 Å². The minimum absolute atomic E-state index is 0.0107. The van der Waals surface area contributed by atoms with E-state index in [1.807, 2.05) is 0 Å². The van der Waals surface area contributed by atoms with E-state index < -0.39 is 0 Å². The summed E-state index contributed by atoms with van der Waals surface area (Å²) in [6.45, 7) is -0.0107. The molecule has 1 aromatic heterocycles. The number of rotatable bonds is 4. The van der Waals surface area contributed by atoms with Crippen molar-refractivity contribution in [3.8, 4) is 5.75 Å². The molecule has 1 aliphatic carbocycles. The number of hydrogen-bond acceptors (Lipinski definition) is 5. The lowest BCUT2D eigenvalue weighted by Crippen LogP contribution is -2.25. The van der Waals surface area contributed by atoms with Crippen LogP contribution in [0.2, 0.25) is 0 Å². The maximum atomic E-state index is 12.4. The molecule has 128 valence electrons. The number of amides is 3. The maximum Gasteiger partial charge on any atom is 0.265 e. The Morgan fingerprint density at radius 3 is 2.80 bits per heavy atom. The standard InChI is InChI=1S/C17H15N3O4S/c21-14-8-24-12-4-3-10(7-11(12)19-14)18-17(23)13-5-6-15(25-13)20-16(22)9-1-2-9/h3-7,9H,1-2,8H2,(H,18,23)(H,19,21)(H,20,22). The molecule has 0 atom stereocenters. The molecule has 8 heteroatoms. The fourth-order valence-corrected chi connectivity index (χ4v) is 3.25. The second-order valence-corrected chi connectivity index (χ2v) is 7.01. The van der Waals surface area contributed by atoms with E-state index in [2.05, 4.69) is 16.0 Å². The summed E-state index contributed by atoms with van der Waals surface area (Å²) < 4.78 is 5.28. The van der Waals surface area contributed by atoms with Crippen LogP contribution in [-0.2, 0) is 9.59 Å². The third-order valence-electron chi connectivity index (χ3n) is 3.89. The van der Waals surface area contributed by atoms with Crippen LogP contribution >= 0.6 is 11.3 Å². The summed E-state index contributed by atoms with van der Waals surface area (Å²) in [7, 11) is 0. The first-order chi connectivity index (χ1) is 12.1. The first-order valence-corrected chi connectivity index (χ1v) is 8.69. The SMILES string of the molecule is O=C1COc2ccc(NC(=O)c3ccc(NC(=O)C4CC4)s3)cc2N1. The van der Waals surface area contributed by atoms with Gasteiger partial charge in [0.2, 0.25) is 5.91 Å². The number of thiophene rings is 1. The predicted molar refractivity (Wildman–Crippen MR) is 94.2 cm³/mol. The zero-order valence-electron chi connectivity index (χ0n) is 13.1. The van der Waals surface area contributed by atoms with Gasteiger partial charge < -0.3 is 20.7 Å². The molecule has 1 aliphatic heterocycles. The van der Waals surface area contributed by atoms with Crippen molar-refractivity contribution in [2.75, 3.05) is 22.6 Å². The minimum atomic E-state index is -0.278. The van der Waals surface area contributed by atoms with Gasteiger partial charge in [0.05, 0.1) is 15.6 Å². The van der Waals surface area contributed by atoms with Crippen LogP contribution in [0, 0.1) is 5.92 Å². The van der Waals surface area contributed by atoms with Crippen molar-refractivity contribution in [3.63, 3.8) is 0 Å². The minimum Gasteiger partial charge on any atom is -0.482 e. The van der Waals surface area contributed by atoms with Crippen LogP contribution < -0.4 is 20.7 Å². The zero-order valence-corrected chi connectivity index (χ0v) is 13.9. The van der Waals surface area contributed by atoms with Crippen LogP contribution in [0.3, 0.4) is 0 Å². The lowest BCUT2D eigenvalue weighted by atomic mass is 10.2. The molecule has 25 heavy (non-hydrogen) atoms. The fraction of sp³-hybridized carbons (Fsp3) is 0.235. The Kier molecular flexibility index (Phi) is 3.89. The number of nitrogens with one attached hydrogen (secondary N) is 3. The van der Waals surface area contributed by atoms with Crippen molar-refractivity contribution in [2.45, 2.75) is 12.8 Å². The van der Waals surface area contributed by atoms with Crippen molar-refractivity contribution in [1.82, 2.24) is 0 Å². The van der Waals surface area contributed by atoms with E-state index in [9.17, 15) is 14.4 Å². The topological polar surface area (TPSA) is 96.5 Å². The van der Waals surface area contributed by atoms with E-state index in [0.717, 1.165) is 12.8 Å². The Hall–Kier alpha value is -2.87. The van der Waals surface area contributed by atoms with Crippen LogP contribution in [0.4, 0.5) is 16.4 Å². The number of fused-ring (bicyclic) bond motifs is 1. The first-order valence-electron chi connectivity index (χ1n) is 7.87. The highest BCUT2D eigenvalue weighted by Crippen LogP contribution is 2.33. The number of ether oxygens (including phenoxy) is 1. The Labute approximate surface area is 147 Å². The van der Waals surface area contributed by atoms with Crippen LogP contribution in [0.1, 0.15) is 22.5 Å². The van der Waals surface area contributed by atoms with Crippen molar-refractivity contribution >= 4 is 45.4 Å². The normalized spacial score (nSPS) is 15.6. The van der Waals surface area contributed by atoms with Crippen LogP contribution in [0.15, 0.2) is 30.3 Å². The van der Waals surface area contributed by atoms with Gasteiger partial charge in [-0.2, -0.15) is 0 Å². The smallest absolute Gasteiger partial charge is 0.265 e. The van der Waals surface area contributed by atoms with E-state index in [-0.39, 0.29) is 30.2 Å². The molecule has 1 aromatic carbocycles. The molecule has 4 rings (SSSR count). The molecule has 3 N–H and O–H groups in total. The van der Waals surface area contributed by atoms with Gasteiger partial charge in [0.15, 0.2) is 6.61 Å². The van der Waals surface area contributed by atoms with Gasteiger partial charge in [0.25, 0.3) is 11.8 Å². The summed E-state index contributed by atoms with van der Waals surface area (Å²) >= 11 is 1.22. The Morgan fingerprint density at radius 1 is 1.16 bits per heavy atom. The molecule has 2 heterocycles. The van der Waals surface area contributed by atoms with Crippen molar-refractivity contribution in [3.05, 3.63) is 35.2 Å². The lowest BCUT2D eigenvalue weighted by molar-refractivity contribution is -0.119. The highest BCUT2D eigenvalue weighted by atomic mass is 32.1. The molecular formula is C17H15N3O4S. The molecule has 7 nitrogen and oxygen atoms in total. The van der Waals surface area contributed by atoms with Gasteiger partial charge in [0.1, 0.15) is 5.75 Å². The molecule has 0 unspecified atom stereocenters. The van der Waals surface area contributed by atoms with Crippen LogP contribution in [-0.4, -0.2) is 24.3 Å². The second kappa shape index (κ2) is 6.21. The van der Waals surface area contributed by atoms with E-state index in [4.69, 9.17) is 4.74 Å². The summed E-state index contributed by atoms with van der Waals surface area (Å²) in [5, 5.41) is 8.96. The predicted octanol–water partition coefficient (Wildman–Crippen LogP) is 2.68. The van der Waals surface area contributed by atoms with Gasteiger partial charge >= 0.3 is 0 Å².